The van der Waals surface area contributed by atoms with E-state index >= 15 is 0 Å². The average molecular weight is 306 g/mol. The van der Waals surface area contributed by atoms with Crippen LogP contribution >= 0.6 is 11.8 Å². The number of aryl methyl sites for hydroxylation is 1. The van der Waals surface area contributed by atoms with Gasteiger partial charge in [-0.25, -0.2) is 0 Å². The van der Waals surface area contributed by atoms with Crippen LogP contribution in [0.2, 0.25) is 0 Å². The van der Waals surface area contributed by atoms with Crippen molar-refractivity contribution < 1.29 is 8.94 Å². The van der Waals surface area contributed by atoms with Crippen molar-refractivity contribution in [3.63, 3.8) is 0 Å². The first-order chi connectivity index (χ1) is 10.3. The van der Waals surface area contributed by atoms with Crippen LogP contribution in [-0.2, 0) is 12.3 Å². The fourth-order valence-corrected chi connectivity index (χ4v) is 2.65. The number of rotatable bonds is 6. The van der Waals surface area contributed by atoms with E-state index in [1.54, 1.807) is 18.4 Å². The highest BCUT2D eigenvalue weighted by atomic mass is 32.2. The molecule has 0 aliphatic carbocycles. The molecule has 0 fully saturated rings. The minimum atomic E-state index is 0.371. The number of hydrogen-bond donors (Lipinski definition) is 1. The zero-order chi connectivity index (χ0) is 14.7. The van der Waals surface area contributed by atoms with Crippen LogP contribution in [0.3, 0.4) is 0 Å². The molecule has 0 aliphatic rings. The van der Waals surface area contributed by atoms with Gasteiger partial charge in [0.25, 0.3) is 5.89 Å². The Labute approximate surface area is 124 Å². The highest BCUT2D eigenvalue weighted by Gasteiger charge is 2.14. The summed E-state index contributed by atoms with van der Waals surface area (Å²) in [5.74, 6) is 2.88. The molecule has 3 rings (SSSR count). The number of aromatic nitrogens is 5. The van der Waals surface area contributed by atoms with Crippen LogP contribution in [0.4, 0.5) is 0 Å². The highest BCUT2D eigenvalue weighted by Crippen LogP contribution is 2.23. The summed E-state index contributed by atoms with van der Waals surface area (Å²) in [5.41, 5.74) is 5.59. The third-order valence-corrected chi connectivity index (χ3v) is 3.75. The van der Waals surface area contributed by atoms with Crippen LogP contribution in [-0.4, -0.2) is 31.4 Å². The zero-order valence-corrected chi connectivity index (χ0v) is 12.2. The minimum absolute atomic E-state index is 0.371. The number of hydrogen-bond acceptors (Lipinski definition) is 8. The van der Waals surface area contributed by atoms with Crippen molar-refractivity contribution in [2.45, 2.75) is 24.4 Å². The SMILES string of the molecule is Cc1nnc(SCc2noc(-c3ccco3)n2)n1CCN. The zero-order valence-electron chi connectivity index (χ0n) is 11.4. The van der Waals surface area contributed by atoms with Gasteiger partial charge >= 0.3 is 0 Å². The number of nitrogens with two attached hydrogens (primary N) is 1. The Kier molecular flexibility index (Phi) is 4.02. The van der Waals surface area contributed by atoms with Crippen molar-refractivity contribution in [1.82, 2.24) is 24.9 Å². The quantitative estimate of drug-likeness (QED) is 0.682. The van der Waals surface area contributed by atoms with Gasteiger partial charge in [0.2, 0.25) is 0 Å². The predicted molar refractivity (Wildman–Crippen MR) is 75.4 cm³/mol. The molecule has 110 valence electrons. The van der Waals surface area contributed by atoms with Crippen LogP contribution in [0.5, 0.6) is 0 Å². The second-order valence-electron chi connectivity index (χ2n) is 4.25. The Bertz CT molecular complexity index is 705. The van der Waals surface area contributed by atoms with Crippen molar-refractivity contribution in [3.8, 4) is 11.7 Å². The molecule has 3 aromatic rings. The first-order valence-corrected chi connectivity index (χ1v) is 7.35. The van der Waals surface area contributed by atoms with E-state index in [9.17, 15) is 0 Å². The summed E-state index contributed by atoms with van der Waals surface area (Å²) in [4.78, 5) is 4.28. The van der Waals surface area contributed by atoms with E-state index in [0.29, 0.717) is 36.3 Å². The first kappa shape index (κ1) is 13.8. The van der Waals surface area contributed by atoms with Gasteiger partial charge in [0.15, 0.2) is 16.7 Å². The minimum Gasteiger partial charge on any atom is -0.459 e. The van der Waals surface area contributed by atoms with E-state index in [4.69, 9.17) is 14.7 Å². The fraction of sp³-hybridized carbons (Fsp3) is 0.333. The van der Waals surface area contributed by atoms with Gasteiger partial charge in [-0.3, -0.25) is 0 Å². The first-order valence-electron chi connectivity index (χ1n) is 6.37. The monoisotopic (exact) mass is 306 g/mol. The molecule has 0 bridgehead atoms. The van der Waals surface area contributed by atoms with Crippen molar-refractivity contribution in [3.05, 3.63) is 30.0 Å². The van der Waals surface area contributed by atoms with E-state index < -0.39 is 0 Å². The fourth-order valence-electron chi connectivity index (χ4n) is 1.80. The maximum absolute atomic E-state index is 5.59. The largest absolute Gasteiger partial charge is 0.459 e. The molecule has 0 radical (unpaired) electrons. The smallest absolute Gasteiger partial charge is 0.293 e. The van der Waals surface area contributed by atoms with Gasteiger partial charge in [-0.05, 0) is 19.1 Å². The van der Waals surface area contributed by atoms with E-state index in [1.807, 2.05) is 11.5 Å². The standard InChI is InChI=1S/C12H14N6O2S/c1-8-15-16-12(18(8)5-4-13)21-7-10-14-11(20-17-10)9-3-2-6-19-9/h2-3,6H,4-5,7,13H2,1H3. The van der Waals surface area contributed by atoms with Gasteiger partial charge in [-0.15, -0.1) is 10.2 Å². The highest BCUT2D eigenvalue weighted by molar-refractivity contribution is 7.98. The van der Waals surface area contributed by atoms with Crippen LogP contribution in [0, 0.1) is 6.92 Å². The van der Waals surface area contributed by atoms with Gasteiger partial charge < -0.3 is 19.2 Å². The second kappa shape index (κ2) is 6.10. The molecular formula is C12H14N6O2S. The van der Waals surface area contributed by atoms with Gasteiger partial charge in [0.1, 0.15) is 5.82 Å². The summed E-state index contributed by atoms with van der Waals surface area (Å²) in [5, 5.41) is 12.9. The lowest BCUT2D eigenvalue weighted by Gasteiger charge is -2.04. The summed E-state index contributed by atoms with van der Waals surface area (Å²) >= 11 is 1.49. The van der Waals surface area contributed by atoms with E-state index in [2.05, 4.69) is 20.3 Å². The lowest BCUT2D eigenvalue weighted by Crippen LogP contribution is -2.12. The van der Waals surface area contributed by atoms with Gasteiger partial charge in [-0.2, -0.15) is 4.98 Å². The number of furan rings is 1. The molecule has 0 aromatic carbocycles. The predicted octanol–water partition coefficient (Wildman–Crippen LogP) is 1.48. The average Bonchev–Trinajstić information content (AvgIpc) is 3.19. The Morgan fingerprint density at radius 3 is 3.05 bits per heavy atom. The van der Waals surface area contributed by atoms with Crippen molar-refractivity contribution in [1.29, 1.82) is 0 Å². The summed E-state index contributed by atoms with van der Waals surface area (Å²) in [6, 6.07) is 3.54. The van der Waals surface area contributed by atoms with Crippen LogP contribution < -0.4 is 5.73 Å². The lowest BCUT2D eigenvalue weighted by molar-refractivity contribution is 0.411. The molecule has 3 heterocycles. The molecular weight excluding hydrogens is 292 g/mol. The van der Waals surface area contributed by atoms with E-state index in [0.717, 1.165) is 11.0 Å². The van der Waals surface area contributed by atoms with E-state index in [-0.39, 0.29) is 0 Å². The molecule has 0 spiro atoms. The third-order valence-electron chi connectivity index (χ3n) is 2.78. The molecule has 0 atom stereocenters. The third kappa shape index (κ3) is 2.98. The molecule has 0 saturated heterocycles. The Morgan fingerprint density at radius 1 is 1.38 bits per heavy atom. The molecule has 3 aromatic heterocycles. The molecule has 21 heavy (non-hydrogen) atoms. The van der Waals surface area contributed by atoms with Crippen molar-refractivity contribution >= 4 is 11.8 Å². The van der Waals surface area contributed by atoms with Gasteiger partial charge in [-0.1, -0.05) is 16.9 Å². The van der Waals surface area contributed by atoms with Gasteiger partial charge in [0, 0.05) is 13.1 Å². The Morgan fingerprint density at radius 2 is 2.29 bits per heavy atom. The topological polar surface area (TPSA) is 109 Å². The molecule has 0 saturated carbocycles. The number of nitrogens with zero attached hydrogens (tertiary/aromatic N) is 5. The normalized spacial score (nSPS) is 11.1. The van der Waals surface area contributed by atoms with E-state index in [1.165, 1.54) is 11.8 Å². The van der Waals surface area contributed by atoms with Crippen LogP contribution in [0.1, 0.15) is 11.6 Å². The maximum atomic E-state index is 5.59. The second-order valence-corrected chi connectivity index (χ2v) is 5.19. The molecule has 0 unspecified atom stereocenters. The van der Waals surface area contributed by atoms with Crippen molar-refractivity contribution in [2.24, 2.45) is 5.73 Å². The molecule has 8 nitrogen and oxygen atoms in total. The molecule has 0 amide bonds. The summed E-state index contributed by atoms with van der Waals surface area (Å²) < 4.78 is 12.3. The number of thioether (sulfide) groups is 1. The lowest BCUT2D eigenvalue weighted by atomic mass is 10.4. The van der Waals surface area contributed by atoms with Crippen LogP contribution in [0.15, 0.2) is 32.5 Å². The molecule has 0 aliphatic heterocycles. The summed E-state index contributed by atoms with van der Waals surface area (Å²) in [6.07, 6.45) is 1.56. The Balaban J connectivity index is 1.68. The summed E-state index contributed by atoms with van der Waals surface area (Å²) in [7, 11) is 0. The van der Waals surface area contributed by atoms with Crippen molar-refractivity contribution in [2.75, 3.05) is 6.54 Å². The molecule has 9 heteroatoms. The molecule has 2 N–H and O–H groups in total. The summed E-state index contributed by atoms with van der Waals surface area (Å²) in [6.45, 7) is 3.12. The van der Waals surface area contributed by atoms with Crippen LogP contribution in [0.25, 0.3) is 11.7 Å². The maximum Gasteiger partial charge on any atom is 0.293 e. The Hall–Kier alpha value is -2.13. The van der Waals surface area contributed by atoms with Gasteiger partial charge in [0.05, 0.1) is 12.0 Å².